The second kappa shape index (κ2) is 2.98. The highest BCUT2D eigenvalue weighted by molar-refractivity contribution is 5.72. The zero-order valence-corrected chi connectivity index (χ0v) is 7.45. The molecule has 1 aromatic carbocycles. The lowest BCUT2D eigenvalue weighted by molar-refractivity contribution is 0.580. The van der Waals surface area contributed by atoms with E-state index in [4.69, 9.17) is 10.2 Å². The summed E-state index contributed by atoms with van der Waals surface area (Å²) in [5, 5.41) is 0. The Morgan fingerprint density at radius 2 is 2.00 bits per heavy atom. The van der Waals surface area contributed by atoms with Gasteiger partial charge in [0.2, 0.25) is 0 Å². The average Bonchev–Trinajstić information content (AvgIpc) is 2.53. The van der Waals surface area contributed by atoms with Gasteiger partial charge in [-0.15, -0.1) is 0 Å². The molecule has 13 heavy (non-hydrogen) atoms. The molecule has 0 saturated heterocycles. The Morgan fingerprint density at radius 1 is 1.23 bits per heavy atom. The smallest absolute Gasteiger partial charge is 0.136 e. The summed E-state index contributed by atoms with van der Waals surface area (Å²) in [4.78, 5) is 0. The van der Waals surface area contributed by atoms with E-state index in [2.05, 4.69) is 0 Å². The summed E-state index contributed by atoms with van der Waals surface area (Å²) in [6.07, 6.45) is 1.72. The number of para-hydroxylation sites is 1. The number of anilines is 1. The van der Waals surface area contributed by atoms with Gasteiger partial charge in [0.25, 0.3) is 0 Å². The van der Waals surface area contributed by atoms with Gasteiger partial charge in [0.05, 0.1) is 6.26 Å². The Hall–Kier alpha value is -1.70. The minimum Gasteiger partial charge on any atom is -0.464 e. The van der Waals surface area contributed by atoms with E-state index in [9.17, 15) is 0 Å². The van der Waals surface area contributed by atoms with Gasteiger partial charge < -0.3 is 10.2 Å². The quantitative estimate of drug-likeness (QED) is 0.673. The summed E-state index contributed by atoms with van der Waals surface area (Å²) in [6.45, 7) is 1.99. The van der Waals surface area contributed by atoms with E-state index in [0.29, 0.717) is 0 Å². The molecule has 0 radical (unpaired) electrons. The number of nitrogens with two attached hydrogens (primary N) is 1. The first-order valence-electron chi connectivity index (χ1n) is 4.17. The van der Waals surface area contributed by atoms with Crippen molar-refractivity contribution in [2.75, 3.05) is 5.73 Å². The Kier molecular flexibility index (Phi) is 1.81. The first-order chi connectivity index (χ1) is 6.27. The van der Waals surface area contributed by atoms with Crippen molar-refractivity contribution in [1.82, 2.24) is 0 Å². The van der Waals surface area contributed by atoms with Gasteiger partial charge in [-0.3, -0.25) is 0 Å². The van der Waals surface area contributed by atoms with Crippen LogP contribution in [0, 0.1) is 6.92 Å². The topological polar surface area (TPSA) is 39.2 Å². The number of furan rings is 1. The summed E-state index contributed by atoms with van der Waals surface area (Å²) in [5.74, 6) is 0.829. The van der Waals surface area contributed by atoms with Crippen molar-refractivity contribution in [3.63, 3.8) is 0 Å². The summed E-state index contributed by atoms with van der Waals surface area (Å²) in [5.41, 5.74) is 8.61. The molecule has 0 aliphatic heterocycles. The maximum atomic E-state index is 5.80. The minimum atomic E-state index is 0.747. The summed E-state index contributed by atoms with van der Waals surface area (Å²) >= 11 is 0. The van der Waals surface area contributed by atoms with Gasteiger partial charge in [-0.05, 0) is 30.7 Å². The molecule has 0 aliphatic carbocycles. The maximum absolute atomic E-state index is 5.80. The van der Waals surface area contributed by atoms with Gasteiger partial charge in [0.1, 0.15) is 5.76 Å². The molecule has 2 rings (SSSR count). The number of hydrogen-bond acceptors (Lipinski definition) is 2. The first kappa shape index (κ1) is 7.92. The Bertz CT molecular complexity index is 418. The van der Waals surface area contributed by atoms with Crippen LogP contribution in [-0.2, 0) is 0 Å². The molecule has 0 aliphatic rings. The van der Waals surface area contributed by atoms with Crippen LogP contribution < -0.4 is 5.73 Å². The van der Waals surface area contributed by atoms with Gasteiger partial charge in [0.15, 0.2) is 0 Å². The van der Waals surface area contributed by atoms with E-state index >= 15 is 0 Å². The normalized spacial score (nSPS) is 10.2. The Morgan fingerprint density at radius 3 is 2.62 bits per heavy atom. The molecule has 0 saturated carbocycles. The third-order valence-electron chi connectivity index (χ3n) is 1.96. The van der Waals surface area contributed by atoms with E-state index in [1.807, 2.05) is 37.3 Å². The van der Waals surface area contributed by atoms with Crippen LogP contribution in [0.15, 0.2) is 41.0 Å². The van der Waals surface area contributed by atoms with Crippen LogP contribution in [-0.4, -0.2) is 0 Å². The molecule has 1 heterocycles. The SMILES string of the molecule is Cc1coc(-c2ccccc2N)c1. The van der Waals surface area contributed by atoms with Gasteiger partial charge in [-0.25, -0.2) is 0 Å². The van der Waals surface area contributed by atoms with Crippen LogP contribution >= 0.6 is 0 Å². The van der Waals surface area contributed by atoms with Crippen molar-refractivity contribution < 1.29 is 4.42 Å². The highest BCUT2D eigenvalue weighted by Gasteiger charge is 2.04. The fourth-order valence-corrected chi connectivity index (χ4v) is 1.29. The highest BCUT2D eigenvalue weighted by atomic mass is 16.3. The largest absolute Gasteiger partial charge is 0.464 e. The third kappa shape index (κ3) is 1.43. The molecule has 0 bridgehead atoms. The lowest BCUT2D eigenvalue weighted by Crippen LogP contribution is -1.87. The van der Waals surface area contributed by atoms with Crippen molar-refractivity contribution in [1.29, 1.82) is 0 Å². The van der Waals surface area contributed by atoms with E-state index in [0.717, 1.165) is 22.6 Å². The van der Waals surface area contributed by atoms with Gasteiger partial charge in [-0.1, -0.05) is 12.1 Å². The molecule has 2 aromatic rings. The van der Waals surface area contributed by atoms with Crippen molar-refractivity contribution in [3.8, 4) is 11.3 Å². The molecular formula is C11H11NO. The third-order valence-corrected chi connectivity index (χ3v) is 1.96. The van der Waals surface area contributed by atoms with Gasteiger partial charge >= 0.3 is 0 Å². The lowest BCUT2D eigenvalue weighted by Gasteiger charge is -1.99. The summed E-state index contributed by atoms with van der Waals surface area (Å²) < 4.78 is 5.35. The van der Waals surface area contributed by atoms with Crippen molar-refractivity contribution in [3.05, 3.63) is 42.2 Å². The molecule has 2 nitrogen and oxygen atoms in total. The fourth-order valence-electron chi connectivity index (χ4n) is 1.29. The van der Waals surface area contributed by atoms with Gasteiger partial charge in [0, 0.05) is 11.3 Å². The van der Waals surface area contributed by atoms with Crippen LogP contribution in [0.1, 0.15) is 5.56 Å². The zero-order chi connectivity index (χ0) is 9.26. The van der Waals surface area contributed by atoms with E-state index in [1.54, 1.807) is 6.26 Å². The Balaban J connectivity index is 2.52. The van der Waals surface area contributed by atoms with Crippen molar-refractivity contribution >= 4 is 5.69 Å². The second-order valence-corrected chi connectivity index (χ2v) is 3.08. The molecular weight excluding hydrogens is 162 g/mol. The molecule has 1 aromatic heterocycles. The number of aryl methyl sites for hydroxylation is 1. The fraction of sp³-hybridized carbons (Fsp3) is 0.0909. The molecule has 0 amide bonds. The van der Waals surface area contributed by atoms with Crippen molar-refractivity contribution in [2.24, 2.45) is 0 Å². The predicted molar refractivity (Wildman–Crippen MR) is 53.3 cm³/mol. The van der Waals surface area contributed by atoms with Crippen molar-refractivity contribution in [2.45, 2.75) is 6.92 Å². The molecule has 66 valence electrons. The van der Waals surface area contributed by atoms with E-state index in [-0.39, 0.29) is 0 Å². The van der Waals surface area contributed by atoms with Crippen LogP contribution in [0.3, 0.4) is 0 Å². The lowest BCUT2D eigenvalue weighted by atomic mass is 10.1. The van der Waals surface area contributed by atoms with E-state index in [1.165, 1.54) is 0 Å². The average molecular weight is 173 g/mol. The molecule has 2 heteroatoms. The minimum absolute atomic E-state index is 0.747. The highest BCUT2D eigenvalue weighted by Crippen LogP contribution is 2.26. The van der Waals surface area contributed by atoms with Crippen LogP contribution in [0.2, 0.25) is 0 Å². The van der Waals surface area contributed by atoms with Crippen LogP contribution in [0.4, 0.5) is 5.69 Å². The monoisotopic (exact) mass is 173 g/mol. The molecule has 0 spiro atoms. The molecule has 0 fully saturated rings. The number of nitrogen functional groups attached to an aromatic ring is 1. The second-order valence-electron chi connectivity index (χ2n) is 3.08. The summed E-state index contributed by atoms with van der Waals surface area (Å²) in [6, 6.07) is 9.66. The van der Waals surface area contributed by atoms with Crippen LogP contribution in [0.5, 0.6) is 0 Å². The Labute approximate surface area is 77.0 Å². The number of rotatable bonds is 1. The summed E-state index contributed by atoms with van der Waals surface area (Å²) in [7, 11) is 0. The number of benzene rings is 1. The first-order valence-corrected chi connectivity index (χ1v) is 4.17. The predicted octanol–water partition coefficient (Wildman–Crippen LogP) is 2.84. The van der Waals surface area contributed by atoms with Gasteiger partial charge in [-0.2, -0.15) is 0 Å². The van der Waals surface area contributed by atoms with E-state index < -0.39 is 0 Å². The number of hydrogen-bond donors (Lipinski definition) is 1. The zero-order valence-electron chi connectivity index (χ0n) is 7.45. The standard InChI is InChI=1S/C11H11NO/c1-8-6-11(13-7-8)9-4-2-3-5-10(9)12/h2-7H,12H2,1H3. The molecule has 0 unspecified atom stereocenters. The van der Waals surface area contributed by atoms with Crippen LogP contribution in [0.25, 0.3) is 11.3 Å². The molecule has 2 N–H and O–H groups in total. The molecule has 0 atom stereocenters. The maximum Gasteiger partial charge on any atom is 0.136 e.